The fourth-order valence-electron chi connectivity index (χ4n) is 1.86. The molecule has 76 valence electrons. The zero-order chi connectivity index (χ0) is 9.80. The average molecular weight is 192 g/mol. The fraction of sp³-hybridized carbons (Fsp3) is 0.455. The molecule has 0 spiro atoms. The lowest BCUT2D eigenvalue weighted by Crippen LogP contribution is -2.11. The van der Waals surface area contributed by atoms with Crippen molar-refractivity contribution in [2.75, 3.05) is 5.43 Å². The molecule has 1 aliphatic carbocycles. The molecule has 3 N–H and O–H groups in total. The van der Waals surface area contributed by atoms with Gasteiger partial charge in [0.1, 0.15) is 5.75 Å². The molecule has 3 nitrogen and oxygen atoms in total. The summed E-state index contributed by atoms with van der Waals surface area (Å²) in [7, 11) is 0. The number of anilines is 1. The Morgan fingerprint density at radius 1 is 1.29 bits per heavy atom. The maximum atomic E-state index is 5.82. The Balaban J connectivity index is 2.00. The van der Waals surface area contributed by atoms with Crippen molar-refractivity contribution in [1.29, 1.82) is 0 Å². The molecule has 0 bridgehead atoms. The average Bonchev–Trinajstić information content (AvgIpc) is 2.71. The number of hydrogen-bond donors (Lipinski definition) is 2. The molecule has 0 amide bonds. The molecule has 0 aliphatic heterocycles. The molecule has 3 heteroatoms. The lowest BCUT2D eigenvalue weighted by atomic mass is 10.3. The number of nitrogen functional groups attached to an aromatic ring is 1. The second kappa shape index (κ2) is 4.33. The number of hydrazine groups is 1. The fourth-order valence-corrected chi connectivity index (χ4v) is 1.86. The Morgan fingerprint density at radius 3 is 2.79 bits per heavy atom. The first-order valence-electron chi connectivity index (χ1n) is 5.12. The van der Waals surface area contributed by atoms with Crippen LogP contribution >= 0.6 is 0 Å². The van der Waals surface area contributed by atoms with Crippen LogP contribution in [0.15, 0.2) is 24.3 Å². The molecule has 1 saturated carbocycles. The van der Waals surface area contributed by atoms with Crippen LogP contribution in [0.1, 0.15) is 25.7 Å². The van der Waals surface area contributed by atoms with Crippen molar-refractivity contribution in [3.05, 3.63) is 24.3 Å². The van der Waals surface area contributed by atoms with Crippen LogP contribution in [0.5, 0.6) is 5.75 Å². The van der Waals surface area contributed by atoms with E-state index in [0.717, 1.165) is 11.4 Å². The highest BCUT2D eigenvalue weighted by Crippen LogP contribution is 2.25. The van der Waals surface area contributed by atoms with Crippen molar-refractivity contribution >= 4 is 5.69 Å². The summed E-state index contributed by atoms with van der Waals surface area (Å²) in [6.45, 7) is 0. The Morgan fingerprint density at radius 2 is 2.07 bits per heavy atom. The summed E-state index contributed by atoms with van der Waals surface area (Å²) in [4.78, 5) is 0. The van der Waals surface area contributed by atoms with E-state index in [9.17, 15) is 0 Å². The third-order valence-electron chi connectivity index (χ3n) is 2.61. The van der Waals surface area contributed by atoms with Gasteiger partial charge >= 0.3 is 0 Å². The van der Waals surface area contributed by atoms with Crippen LogP contribution < -0.4 is 16.0 Å². The summed E-state index contributed by atoms with van der Waals surface area (Å²) in [6.07, 6.45) is 5.35. The minimum absolute atomic E-state index is 0.406. The van der Waals surface area contributed by atoms with E-state index in [1.165, 1.54) is 25.7 Å². The second-order valence-corrected chi connectivity index (χ2v) is 3.70. The van der Waals surface area contributed by atoms with Gasteiger partial charge in [0.15, 0.2) is 0 Å². The van der Waals surface area contributed by atoms with E-state index in [2.05, 4.69) is 5.43 Å². The van der Waals surface area contributed by atoms with Crippen molar-refractivity contribution in [1.82, 2.24) is 0 Å². The summed E-state index contributed by atoms with van der Waals surface area (Å²) in [5.74, 6) is 6.23. The molecule has 1 aliphatic rings. The molecule has 0 aromatic heterocycles. The van der Waals surface area contributed by atoms with Gasteiger partial charge in [-0.15, -0.1) is 0 Å². The molecular weight excluding hydrogens is 176 g/mol. The molecule has 0 radical (unpaired) electrons. The monoisotopic (exact) mass is 192 g/mol. The molecule has 2 rings (SSSR count). The SMILES string of the molecule is NNc1cccc(OC2CCCC2)c1. The largest absolute Gasteiger partial charge is 0.490 e. The number of ether oxygens (including phenoxy) is 1. The van der Waals surface area contributed by atoms with Crippen molar-refractivity contribution in [3.8, 4) is 5.75 Å². The van der Waals surface area contributed by atoms with Gasteiger partial charge in [0.2, 0.25) is 0 Å². The maximum absolute atomic E-state index is 5.82. The normalized spacial score (nSPS) is 16.9. The molecule has 14 heavy (non-hydrogen) atoms. The minimum atomic E-state index is 0.406. The van der Waals surface area contributed by atoms with Crippen LogP contribution in [0, 0.1) is 0 Å². The predicted molar refractivity (Wildman–Crippen MR) is 57.1 cm³/mol. The zero-order valence-electron chi connectivity index (χ0n) is 8.20. The van der Waals surface area contributed by atoms with Crippen LogP contribution in [0.2, 0.25) is 0 Å². The lowest BCUT2D eigenvalue weighted by molar-refractivity contribution is 0.210. The minimum Gasteiger partial charge on any atom is -0.490 e. The first kappa shape index (κ1) is 9.34. The third-order valence-corrected chi connectivity index (χ3v) is 2.61. The van der Waals surface area contributed by atoms with Gasteiger partial charge in [-0.05, 0) is 37.8 Å². The number of nitrogens with one attached hydrogen (secondary N) is 1. The van der Waals surface area contributed by atoms with E-state index in [-0.39, 0.29) is 0 Å². The second-order valence-electron chi connectivity index (χ2n) is 3.70. The molecule has 0 unspecified atom stereocenters. The molecular formula is C11H16N2O. The van der Waals surface area contributed by atoms with Gasteiger partial charge in [0.05, 0.1) is 11.8 Å². The van der Waals surface area contributed by atoms with Gasteiger partial charge in [0.25, 0.3) is 0 Å². The molecule has 1 fully saturated rings. The van der Waals surface area contributed by atoms with Crippen molar-refractivity contribution in [3.63, 3.8) is 0 Å². The van der Waals surface area contributed by atoms with Gasteiger partial charge < -0.3 is 10.2 Å². The van der Waals surface area contributed by atoms with Crippen LogP contribution in [0.4, 0.5) is 5.69 Å². The van der Waals surface area contributed by atoms with E-state index in [1.807, 2.05) is 24.3 Å². The predicted octanol–water partition coefficient (Wildman–Crippen LogP) is 2.29. The molecule has 1 aromatic rings. The van der Waals surface area contributed by atoms with Crippen LogP contribution in [0.3, 0.4) is 0 Å². The van der Waals surface area contributed by atoms with Crippen LogP contribution in [-0.2, 0) is 0 Å². The smallest absolute Gasteiger partial charge is 0.121 e. The van der Waals surface area contributed by atoms with E-state index in [0.29, 0.717) is 6.10 Å². The van der Waals surface area contributed by atoms with Gasteiger partial charge in [-0.1, -0.05) is 6.07 Å². The number of nitrogens with two attached hydrogens (primary N) is 1. The first-order chi connectivity index (χ1) is 6.88. The molecule has 1 aromatic carbocycles. The highest BCUT2D eigenvalue weighted by Gasteiger charge is 2.16. The summed E-state index contributed by atoms with van der Waals surface area (Å²) in [5.41, 5.74) is 3.50. The van der Waals surface area contributed by atoms with Crippen molar-refractivity contribution in [2.45, 2.75) is 31.8 Å². The van der Waals surface area contributed by atoms with Crippen LogP contribution in [0.25, 0.3) is 0 Å². The van der Waals surface area contributed by atoms with Crippen molar-refractivity contribution in [2.24, 2.45) is 5.84 Å². The quantitative estimate of drug-likeness (QED) is 0.570. The molecule has 0 saturated heterocycles. The maximum Gasteiger partial charge on any atom is 0.121 e. The van der Waals surface area contributed by atoms with Gasteiger partial charge in [-0.3, -0.25) is 5.84 Å². The number of rotatable bonds is 3. The van der Waals surface area contributed by atoms with E-state index >= 15 is 0 Å². The Hall–Kier alpha value is -1.22. The highest BCUT2D eigenvalue weighted by atomic mass is 16.5. The van der Waals surface area contributed by atoms with Gasteiger partial charge in [-0.25, -0.2) is 0 Å². The van der Waals surface area contributed by atoms with E-state index < -0.39 is 0 Å². The van der Waals surface area contributed by atoms with Gasteiger partial charge in [0, 0.05) is 6.07 Å². The summed E-state index contributed by atoms with van der Waals surface area (Å²) >= 11 is 0. The van der Waals surface area contributed by atoms with Gasteiger partial charge in [-0.2, -0.15) is 0 Å². The molecule has 0 atom stereocenters. The summed E-state index contributed by atoms with van der Waals surface area (Å²) < 4.78 is 5.82. The topological polar surface area (TPSA) is 47.3 Å². The van der Waals surface area contributed by atoms with E-state index in [4.69, 9.17) is 10.6 Å². The van der Waals surface area contributed by atoms with Crippen LogP contribution in [-0.4, -0.2) is 6.10 Å². The van der Waals surface area contributed by atoms with E-state index in [1.54, 1.807) is 0 Å². The lowest BCUT2D eigenvalue weighted by Gasteiger charge is -2.13. The van der Waals surface area contributed by atoms with Crippen molar-refractivity contribution < 1.29 is 4.74 Å². The summed E-state index contributed by atoms with van der Waals surface area (Å²) in [5, 5.41) is 0. The Kier molecular flexibility index (Phi) is 2.89. The third kappa shape index (κ3) is 2.17. The summed E-state index contributed by atoms with van der Waals surface area (Å²) in [6, 6.07) is 7.76. The highest BCUT2D eigenvalue weighted by molar-refractivity contribution is 5.47. The zero-order valence-corrected chi connectivity index (χ0v) is 8.20. The Labute approximate surface area is 84.2 Å². The first-order valence-corrected chi connectivity index (χ1v) is 5.12. The standard InChI is InChI=1S/C11H16N2O/c12-13-9-4-3-7-11(8-9)14-10-5-1-2-6-10/h3-4,7-8,10,13H,1-2,5-6,12H2. The number of benzene rings is 1. The Bertz CT molecular complexity index is 295. The molecule has 0 heterocycles. The number of hydrogen-bond acceptors (Lipinski definition) is 3.